The second kappa shape index (κ2) is 10.5. The molecule has 0 spiro atoms. The number of nitrogens with two attached hydrogens (primary N) is 1. The smallest absolute Gasteiger partial charge is 0.242 e. The minimum Gasteiger partial charge on any atom is -0.457 e. The molecule has 40 heavy (non-hydrogen) atoms. The number of alkyl halides is 2. The van der Waals surface area contributed by atoms with Crippen molar-refractivity contribution >= 4 is 33.8 Å². The number of nitrogens with one attached hydrogen (secondary N) is 1. The van der Waals surface area contributed by atoms with Crippen molar-refractivity contribution in [2.24, 2.45) is 10.7 Å². The monoisotopic (exact) mass is 541 g/mol. The molecule has 3 aromatic rings. The van der Waals surface area contributed by atoms with E-state index in [0.717, 1.165) is 33.0 Å². The van der Waals surface area contributed by atoms with Gasteiger partial charge in [-0.3, -0.25) is 5.41 Å². The Morgan fingerprint density at radius 2 is 1.93 bits per heavy atom. The molecular weight excluding hydrogens is 508 g/mol. The van der Waals surface area contributed by atoms with E-state index in [1.165, 1.54) is 0 Å². The summed E-state index contributed by atoms with van der Waals surface area (Å²) in [5, 5.41) is 10.1. The third-order valence-corrected chi connectivity index (χ3v) is 7.36. The van der Waals surface area contributed by atoms with Crippen LogP contribution in [0.3, 0.4) is 0 Å². The molecule has 2 aliphatic rings. The molecule has 206 valence electrons. The first kappa shape index (κ1) is 27.4. The van der Waals surface area contributed by atoms with E-state index in [2.05, 4.69) is 31.8 Å². The zero-order valence-electron chi connectivity index (χ0n) is 23.2. The van der Waals surface area contributed by atoms with Crippen LogP contribution in [0.2, 0.25) is 0 Å². The fourth-order valence-electron chi connectivity index (χ4n) is 5.32. The van der Waals surface area contributed by atoms with Gasteiger partial charge in [-0.1, -0.05) is 51.1 Å². The molecule has 0 fully saturated rings. The number of carbonyl (C=O) groups excluding carboxylic acids is 1. The topological polar surface area (TPSA) is 88.5 Å². The predicted octanol–water partition coefficient (Wildman–Crippen LogP) is 7.86. The Hall–Kier alpha value is -4.13. The molecule has 1 aliphatic heterocycles. The summed E-state index contributed by atoms with van der Waals surface area (Å²) in [5.41, 5.74) is 11.6. The van der Waals surface area contributed by atoms with Gasteiger partial charge in [-0.15, -0.1) is 0 Å². The Balaban J connectivity index is 1.74. The summed E-state index contributed by atoms with van der Waals surface area (Å²) in [4.78, 5) is 15.8. The van der Waals surface area contributed by atoms with Gasteiger partial charge in [-0.2, -0.15) is 0 Å². The van der Waals surface area contributed by atoms with Crippen LogP contribution in [0.4, 0.5) is 8.78 Å². The van der Waals surface area contributed by atoms with Gasteiger partial charge in [0, 0.05) is 34.9 Å². The largest absolute Gasteiger partial charge is 0.457 e. The molecule has 3 N–H and O–H groups in total. The summed E-state index contributed by atoms with van der Waals surface area (Å²) in [5.74, 6) is 1.68. The average molecular weight is 542 g/mol. The Morgan fingerprint density at radius 1 is 1.15 bits per heavy atom. The first-order valence-corrected chi connectivity index (χ1v) is 13.4. The van der Waals surface area contributed by atoms with Crippen molar-refractivity contribution in [3.8, 4) is 11.5 Å². The second-order valence-electron chi connectivity index (χ2n) is 11.5. The van der Waals surface area contributed by atoms with Crippen LogP contribution >= 0.6 is 0 Å². The number of hydrogen-bond acceptors (Lipinski definition) is 4. The minimum absolute atomic E-state index is 0.0804. The predicted molar refractivity (Wildman–Crippen MR) is 157 cm³/mol. The Bertz CT molecular complexity index is 1640. The van der Waals surface area contributed by atoms with E-state index in [-0.39, 0.29) is 29.3 Å². The van der Waals surface area contributed by atoms with Gasteiger partial charge in [0.05, 0.1) is 0 Å². The molecule has 0 atom stereocenters. The number of ketones is 1. The third kappa shape index (κ3) is 5.46. The Kier molecular flexibility index (Phi) is 7.17. The fourth-order valence-corrected chi connectivity index (χ4v) is 5.32. The quantitative estimate of drug-likeness (QED) is 0.304. The van der Waals surface area contributed by atoms with E-state index < -0.39 is 6.43 Å². The number of nitrogens with zero attached hydrogens (tertiary/aromatic N) is 1. The van der Waals surface area contributed by atoms with Crippen LogP contribution in [0, 0.1) is 5.41 Å². The number of allylic oxidation sites excluding steroid dienone is 4. The molecule has 5 rings (SSSR count). The highest BCUT2D eigenvalue weighted by atomic mass is 19.3. The lowest BCUT2D eigenvalue weighted by atomic mass is 9.82. The van der Waals surface area contributed by atoms with E-state index in [9.17, 15) is 13.6 Å². The van der Waals surface area contributed by atoms with Gasteiger partial charge in [0.25, 0.3) is 0 Å². The highest BCUT2D eigenvalue weighted by Crippen LogP contribution is 2.45. The Morgan fingerprint density at radius 3 is 2.62 bits per heavy atom. The fraction of sp³-hybridized carbons (Fsp3) is 0.303. The molecule has 0 unspecified atom stereocenters. The molecule has 5 nitrogen and oxygen atoms in total. The van der Waals surface area contributed by atoms with Crippen molar-refractivity contribution in [3.05, 3.63) is 88.0 Å². The van der Waals surface area contributed by atoms with Gasteiger partial charge < -0.3 is 15.3 Å². The lowest BCUT2D eigenvalue weighted by Crippen LogP contribution is -2.15. The summed E-state index contributed by atoms with van der Waals surface area (Å²) in [6.07, 6.45) is 2.41. The van der Waals surface area contributed by atoms with Crippen molar-refractivity contribution in [1.29, 1.82) is 5.41 Å². The Labute approximate surface area is 233 Å². The normalized spacial score (nSPS) is 14.9. The molecule has 0 aromatic heterocycles. The number of rotatable bonds is 8. The number of Topliss-reactive ketones (excluding diaryl/α,β-unsaturated/α-hetero) is 1. The van der Waals surface area contributed by atoms with Gasteiger partial charge in [0.1, 0.15) is 23.1 Å². The molecule has 7 heteroatoms. The van der Waals surface area contributed by atoms with Crippen molar-refractivity contribution in [2.75, 3.05) is 0 Å². The average Bonchev–Trinajstić information content (AvgIpc) is 3.44. The van der Waals surface area contributed by atoms with E-state index in [4.69, 9.17) is 15.9 Å². The maximum Gasteiger partial charge on any atom is 0.242 e. The maximum absolute atomic E-state index is 13.2. The number of aliphatic imine (C=N–C) groups is 1. The van der Waals surface area contributed by atoms with E-state index in [0.29, 0.717) is 47.5 Å². The zero-order chi connectivity index (χ0) is 28.8. The van der Waals surface area contributed by atoms with Crippen molar-refractivity contribution in [3.63, 3.8) is 0 Å². The van der Waals surface area contributed by atoms with E-state index in [1.54, 1.807) is 13.0 Å². The highest BCUT2D eigenvalue weighted by molar-refractivity contribution is 6.26. The minimum atomic E-state index is -2.44. The molecular formula is C33H33F2N3O2. The first-order chi connectivity index (χ1) is 18.9. The highest BCUT2D eigenvalue weighted by Gasteiger charge is 2.30. The zero-order valence-corrected chi connectivity index (χ0v) is 23.2. The lowest BCUT2D eigenvalue weighted by Gasteiger charge is -2.24. The summed E-state index contributed by atoms with van der Waals surface area (Å²) in [7, 11) is 0. The number of ether oxygens (including phenoxy) is 1. The standard InChI is InChI=1S/C33H33F2N3O2/c1-18(39)8-9-19-6-5-7-24(13-19)40-26-17-23(33(2,3)4)15-22-16-25-30(32(37)38-31(25)36)29(28(22)26)21-11-10-20(12-21)14-27(34)35/h5-7,10,12-13,15-17,27H,8-9,11,14H2,1-4H3,(H3,36,37,38). The number of aryl methyl sites for hydroxylation is 1. The molecule has 3 aromatic carbocycles. The number of fused-ring (bicyclic) bond motifs is 2. The molecule has 0 saturated carbocycles. The second-order valence-corrected chi connectivity index (χ2v) is 11.5. The van der Waals surface area contributed by atoms with Crippen molar-refractivity contribution < 1.29 is 18.3 Å². The maximum atomic E-state index is 13.2. The van der Waals surface area contributed by atoms with Crippen LogP contribution in [0.15, 0.2) is 65.2 Å². The summed E-state index contributed by atoms with van der Waals surface area (Å²) < 4.78 is 33.0. The first-order valence-electron chi connectivity index (χ1n) is 13.4. The van der Waals surface area contributed by atoms with Crippen molar-refractivity contribution in [1.82, 2.24) is 0 Å². The molecule has 0 bridgehead atoms. The van der Waals surface area contributed by atoms with Crippen LogP contribution in [-0.4, -0.2) is 23.9 Å². The van der Waals surface area contributed by atoms with Gasteiger partial charge >= 0.3 is 0 Å². The lowest BCUT2D eigenvalue weighted by molar-refractivity contribution is -0.116. The number of amidine groups is 2. The van der Waals surface area contributed by atoms with E-state index in [1.807, 2.05) is 42.5 Å². The van der Waals surface area contributed by atoms with Crippen molar-refractivity contribution in [2.45, 2.75) is 65.2 Å². The SMILES string of the molecule is CC(=O)CCc1cccc(Oc2cc(C(C)(C)C)cc3cc4c(c(C5=CC(CC(F)F)=CC5)c23)C(N)=NC4=N)c1. The molecule has 1 heterocycles. The summed E-state index contributed by atoms with van der Waals surface area (Å²) in [6.45, 7) is 7.95. The number of benzene rings is 3. The van der Waals surface area contributed by atoms with Crippen LogP contribution in [-0.2, 0) is 16.6 Å². The number of carbonyl (C=O) groups is 1. The van der Waals surface area contributed by atoms with Crippen LogP contribution in [0.1, 0.15) is 74.8 Å². The summed E-state index contributed by atoms with van der Waals surface area (Å²) in [6, 6.07) is 13.7. The third-order valence-electron chi connectivity index (χ3n) is 7.36. The number of halogens is 2. The molecule has 0 amide bonds. The number of hydrogen-bond donors (Lipinski definition) is 2. The molecule has 0 radical (unpaired) electrons. The van der Waals surface area contributed by atoms with Gasteiger partial charge in [-0.25, -0.2) is 13.8 Å². The van der Waals surface area contributed by atoms with Gasteiger partial charge in [0.2, 0.25) is 6.43 Å². The van der Waals surface area contributed by atoms with Gasteiger partial charge in [0.15, 0.2) is 5.84 Å². The molecule has 0 saturated heterocycles. The van der Waals surface area contributed by atoms with E-state index >= 15 is 0 Å². The van der Waals surface area contributed by atoms with Crippen LogP contribution in [0.5, 0.6) is 11.5 Å². The van der Waals surface area contributed by atoms with Crippen LogP contribution in [0.25, 0.3) is 16.3 Å². The van der Waals surface area contributed by atoms with Gasteiger partial charge in [-0.05, 0) is 77.1 Å². The summed E-state index contributed by atoms with van der Waals surface area (Å²) >= 11 is 0. The molecule has 1 aliphatic carbocycles. The van der Waals surface area contributed by atoms with Crippen LogP contribution < -0.4 is 10.5 Å².